The topological polar surface area (TPSA) is 64.7 Å². The maximum Gasteiger partial charge on any atom is 0.161 e. The minimum absolute atomic E-state index is 0. The van der Waals surface area contributed by atoms with Crippen molar-refractivity contribution in [3.05, 3.63) is 23.8 Å². The highest BCUT2D eigenvalue weighted by molar-refractivity contribution is 5.85. The molecule has 0 aromatic heterocycles. The van der Waals surface area contributed by atoms with Crippen LogP contribution in [-0.2, 0) is 0 Å². The zero-order valence-electron chi connectivity index (χ0n) is 12.0. The van der Waals surface area contributed by atoms with Gasteiger partial charge >= 0.3 is 0 Å². The summed E-state index contributed by atoms with van der Waals surface area (Å²) in [5.41, 5.74) is 7.00. The number of benzene rings is 1. The number of halogens is 1. The van der Waals surface area contributed by atoms with Crippen molar-refractivity contribution in [1.82, 2.24) is 0 Å². The Morgan fingerprint density at radius 2 is 1.80 bits per heavy atom. The van der Waals surface area contributed by atoms with Gasteiger partial charge in [0.15, 0.2) is 11.5 Å². The summed E-state index contributed by atoms with van der Waals surface area (Å²) in [6.45, 7) is 5.42. The fraction of sp³-hybridized carbons (Fsp3) is 0.600. The molecule has 0 saturated heterocycles. The van der Waals surface area contributed by atoms with Crippen molar-refractivity contribution in [1.29, 1.82) is 0 Å². The Morgan fingerprint density at radius 3 is 2.45 bits per heavy atom. The molecule has 4 nitrogen and oxygen atoms in total. The van der Waals surface area contributed by atoms with Crippen molar-refractivity contribution in [3.63, 3.8) is 0 Å². The first-order valence-corrected chi connectivity index (χ1v) is 6.91. The van der Waals surface area contributed by atoms with Crippen LogP contribution in [0, 0.1) is 5.92 Å². The smallest absolute Gasteiger partial charge is 0.161 e. The van der Waals surface area contributed by atoms with Crippen LogP contribution in [0.1, 0.15) is 38.3 Å². The lowest BCUT2D eigenvalue weighted by Gasteiger charge is -2.23. The van der Waals surface area contributed by atoms with E-state index in [2.05, 4.69) is 13.8 Å². The van der Waals surface area contributed by atoms with Crippen molar-refractivity contribution in [2.24, 2.45) is 11.7 Å². The average molecular weight is 302 g/mol. The minimum Gasteiger partial charge on any atom is -0.486 e. The molecule has 1 aromatic rings. The molecule has 0 spiro atoms. The molecule has 1 heterocycles. The van der Waals surface area contributed by atoms with E-state index in [0.717, 1.165) is 23.5 Å². The van der Waals surface area contributed by atoms with Gasteiger partial charge in [0.05, 0.1) is 12.1 Å². The summed E-state index contributed by atoms with van der Waals surface area (Å²) < 4.78 is 11.0. The molecule has 2 rings (SSSR count). The van der Waals surface area contributed by atoms with Crippen LogP contribution in [0.3, 0.4) is 0 Å². The molecule has 3 N–H and O–H groups in total. The summed E-state index contributed by atoms with van der Waals surface area (Å²) in [7, 11) is 0. The summed E-state index contributed by atoms with van der Waals surface area (Å²) in [6, 6.07) is 5.25. The molecule has 0 fully saturated rings. The number of ether oxygens (including phenoxy) is 2. The molecular weight excluding hydrogens is 278 g/mol. The predicted molar refractivity (Wildman–Crippen MR) is 81.7 cm³/mol. The number of rotatable bonds is 5. The van der Waals surface area contributed by atoms with Gasteiger partial charge in [-0.1, -0.05) is 19.9 Å². The van der Waals surface area contributed by atoms with Gasteiger partial charge < -0.3 is 20.3 Å². The van der Waals surface area contributed by atoms with Crippen LogP contribution < -0.4 is 15.2 Å². The Bertz CT molecular complexity index is 426. The zero-order valence-corrected chi connectivity index (χ0v) is 12.9. The molecule has 1 aliphatic heterocycles. The molecule has 0 bridgehead atoms. The number of hydrogen-bond acceptors (Lipinski definition) is 4. The fourth-order valence-corrected chi connectivity index (χ4v) is 2.17. The van der Waals surface area contributed by atoms with Crippen LogP contribution in [0.2, 0.25) is 0 Å². The number of aliphatic hydroxyl groups is 1. The van der Waals surface area contributed by atoms with E-state index in [9.17, 15) is 5.11 Å². The molecular formula is C15H24ClNO3. The quantitative estimate of drug-likeness (QED) is 0.877. The molecule has 0 amide bonds. The fourth-order valence-electron chi connectivity index (χ4n) is 2.17. The Morgan fingerprint density at radius 1 is 1.15 bits per heavy atom. The van der Waals surface area contributed by atoms with Gasteiger partial charge in [-0.2, -0.15) is 0 Å². The normalized spacial score (nSPS) is 16.4. The van der Waals surface area contributed by atoms with Crippen LogP contribution in [0.15, 0.2) is 18.2 Å². The van der Waals surface area contributed by atoms with Gasteiger partial charge in [-0.05, 0) is 36.5 Å². The predicted octanol–water partition coefficient (Wildman–Crippen LogP) is 2.68. The summed E-state index contributed by atoms with van der Waals surface area (Å²) in [4.78, 5) is 0. The second-order valence-electron chi connectivity index (χ2n) is 5.47. The third-order valence-corrected chi connectivity index (χ3v) is 3.41. The number of hydrogen-bond donors (Lipinski definition) is 2. The third-order valence-electron chi connectivity index (χ3n) is 3.41. The second kappa shape index (κ2) is 7.72. The van der Waals surface area contributed by atoms with E-state index in [1.807, 2.05) is 18.2 Å². The first-order chi connectivity index (χ1) is 9.08. The van der Waals surface area contributed by atoms with E-state index in [1.165, 1.54) is 0 Å². The molecule has 20 heavy (non-hydrogen) atoms. The lowest BCUT2D eigenvalue weighted by Crippen LogP contribution is -2.26. The molecule has 0 unspecified atom stereocenters. The van der Waals surface area contributed by atoms with E-state index in [4.69, 9.17) is 15.2 Å². The molecule has 2 atom stereocenters. The van der Waals surface area contributed by atoms with Gasteiger partial charge in [-0.25, -0.2) is 0 Å². The second-order valence-corrected chi connectivity index (χ2v) is 5.47. The van der Waals surface area contributed by atoms with Crippen LogP contribution in [0.4, 0.5) is 0 Å². The van der Waals surface area contributed by atoms with Crippen LogP contribution in [0.25, 0.3) is 0 Å². The van der Waals surface area contributed by atoms with Crippen LogP contribution in [-0.4, -0.2) is 24.4 Å². The minimum atomic E-state index is -0.523. The van der Waals surface area contributed by atoms with Gasteiger partial charge in [-0.3, -0.25) is 0 Å². The summed E-state index contributed by atoms with van der Waals surface area (Å²) in [5, 5.41) is 10.1. The highest BCUT2D eigenvalue weighted by Crippen LogP contribution is 2.33. The number of fused-ring (bicyclic) bond motifs is 1. The largest absolute Gasteiger partial charge is 0.486 e. The average Bonchev–Trinajstić information content (AvgIpc) is 2.43. The Labute approximate surface area is 126 Å². The highest BCUT2D eigenvalue weighted by Gasteiger charge is 2.20. The first-order valence-electron chi connectivity index (χ1n) is 6.91. The van der Waals surface area contributed by atoms with Gasteiger partial charge in [-0.15, -0.1) is 12.4 Å². The summed E-state index contributed by atoms with van der Waals surface area (Å²) >= 11 is 0. The van der Waals surface area contributed by atoms with Gasteiger partial charge in [0.2, 0.25) is 0 Å². The van der Waals surface area contributed by atoms with Crippen molar-refractivity contribution < 1.29 is 14.6 Å². The Kier molecular flexibility index (Phi) is 6.59. The van der Waals surface area contributed by atoms with Crippen LogP contribution >= 0.6 is 12.4 Å². The SMILES string of the molecule is CC(C)CC[C@@H](O)[C@@H](N)c1ccc2c(c1)OCCO2.Cl. The first kappa shape index (κ1) is 17.1. The molecule has 0 saturated carbocycles. The van der Waals surface area contributed by atoms with Gasteiger partial charge in [0.25, 0.3) is 0 Å². The van der Waals surface area contributed by atoms with Crippen molar-refractivity contribution >= 4 is 12.4 Å². The molecule has 114 valence electrons. The van der Waals surface area contributed by atoms with E-state index in [-0.39, 0.29) is 18.4 Å². The monoisotopic (exact) mass is 301 g/mol. The Hall–Kier alpha value is -0.970. The van der Waals surface area contributed by atoms with E-state index < -0.39 is 6.10 Å². The number of nitrogens with two attached hydrogens (primary N) is 1. The molecule has 1 aromatic carbocycles. The van der Waals surface area contributed by atoms with Gasteiger partial charge in [0.1, 0.15) is 13.2 Å². The van der Waals surface area contributed by atoms with E-state index in [1.54, 1.807) is 0 Å². The molecule has 0 radical (unpaired) electrons. The zero-order chi connectivity index (χ0) is 13.8. The van der Waals surface area contributed by atoms with Gasteiger partial charge in [0, 0.05) is 0 Å². The van der Waals surface area contributed by atoms with Crippen molar-refractivity contribution in [2.45, 2.75) is 38.8 Å². The van der Waals surface area contributed by atoms with Crippen molar-refractivity contribution in [3.8, 4) is 11.5 Å². The van der Waals surface area contributed by atoms with E-state index >= 15 is 0 Å². The van der Waals surface area contributed by atoms with Crippen molar-refractivity contribution in [2.75, 3.05) is 13.2 Å². The maximum absolute atomic E-state index is 10.1. The molecule has 0 aliphatic carbocycles. The lowest BCUT2D eigenvalue weighted by atomic mass is 9.96. The highest BCUT2D eigenvalue weighted by atomic mass is 35.5. The Balaban J connectivity index is 0.00000200. The number of aliphatic hydroxyl groups excluding tert-OH is 1. The third kappa shape index (κ3) is 4.27. The standard InChI is InChI=1S/C15H23NO3.ClH/c1-10(2)3-5-12(17)15(16)11-4-6-13-14(9-11)19-8-7-18-13;/h4,6,9-10,12,15,17H,3,5,7-8,16H2,1-2H3;1H/t12-,15+;/m1./s1. The molecule has 5 heteroatoms. The van der Waals surface area contributed by atoms with E-state index in [0.29, 0.717) is 25.6 Å². The molecule has 1 aliphatic rings. The van der Waals surface area contributed by atoms with Crippen LogP contribution in [0.5, 0.6) is 11.5 Å². The maximum atomic E-state index is 10.1. The summed E-state index contributed by atoms with van der Waals surface area (Å²) in [5.74, 6) is 2.04. The lowest BCUT2D eigenvalue weighted by molar-refractivity contribution is 0.127. The summed E-state index contributed by atoms with van der Waals surface area (Å²) in [6.07, 6.45) is 1.16.